The molecule has 0 unspecified atom stereocenters. The van der Waals surface area contributed by atoms with Crippen LogP contribution in [0.4, 0.5) is 0 Å². The molecular weight excluding hydrogens is 949 g/mol. The number of benzene rings is 10. The molecule has 6 nitrogen and oxygen atoms in total. The van der Waals surface area contributed by atoms with E-state index < -0.39 is 0 Å². The zero-order chi connectivity index (χ0) is 52.4. The van der Waals surface area contributed by atoms with E-state index in [0.29, 0.717) is 17.5 Å². The zero-order valence-electron chi connectivity index (χ0n) is 43.8. The fourth-order valence-electron chi connectivity index (χ4n) is 11.8. The number of fused-ring (bicyclic) bond motifs is 6. The summed E-state index contributed by atoms with van der Waals surface area (Å²) in [6, 6.07) is 85.0. The lowest BCUT2D eigenvalue weighted by Crippen LogP contribution is -2.05. The fourth-order valence-corrected chi connectivity index (χ4v) is 11.8. The molecular formula is C72H52N6. The van der Waals surface area contributed by atoms with Crippen LogP contribution >= 0.6 is 0 Å². The van der Waals surface area contributed by atoms with Gasteiger partial charge in [-0.25, -0.2) is 15.0 Å². The molecule has 0 fully saturated rings. The Labute approximate surface area is 453 Å². The van der Waals surface area contributed by atoms with Crippen LogP contribution in [0.5, 0.6) is 0 Å². The third-order valence-corrected chi connectivity index (χ3v) is 15.4. The van der Waals surface area contributed by atoms with Gasteiger partial charge in [0.2, 0.25) is 0 Å². The largest absolute Gasteiger partial charge is 0.309 e. The number of aromatic nitrogens is 6. The predicted octanol–water partition coefficient (Wildman–Crippen LogP) is 18.4. The van der Waals surface area contributed by atoms with Gasteiger partial charge in [-0.3, -0.25) is 4.98 Å². The Hall–Kier alpha value is -10.0. The van der Waals surface area contributed by atoms with Gasteiger partial charge in [0, 0.05) is 61.1 Å². The summed E-state index contributed by atoms with van der Waals surface area (Å²) >= 11 is 0. The number of pyridine rings is 1. The lowest BCUT2D eigenvalue weighted by molar-refractivity contribution is 1.07. The predicted molar refractivity (Wildman–Crippen MR) is 323 cm³/mol. The highest BCUT2D eigenvalue weighted by Crippen LogP contribution is 2.47. The molecule has 78 heavy (non-hydrogen) atoms. The van der Waals surface area contributed by atoms with Crippen LogP contribution in [0.3, 0.4) is 0 Å². The number of hydrogen-bond acceptors (Lipinski definition) is 4. The summed E-state index contributed by atoms with van der Waals surface area (Å²) in [4.78, 5) is 20.8. The second-order valence-electron chi connectivity index (χ2n) is 20.5. The second kappa shape index (κ2) is 19.0. The number of nitrogens with zero attached hydrogens (tertiary/aromatic N) is 6. The van der Waals surface area contributed by atoms with E-state index >= 15 is 0 Å². The van der Waals surface area contributed by atoms with Gasteiger partial charge in [-0.2, -0.15) is 0 Å². The maximum atomic E-state index is 5.31. The quantitative estimate of drug-likeness (QED) is 0.145. The number of aryl methyl sites for hydroxylation is 4. The van der Waals surface area contributed by atoms with Gasteiger partial charge in [-0.05, 0) is 134 Å². The molecule has 0 N–H and O–H groups in total. The molecule has 10 aromatic carbocycles. The summed E-state index contributed by atoms with van der Waals surface area (Å²) < 4.78 is 4.91. The summed E-state index contributed by atoms with van der Waals surface area (Å²) in [5.41, 5.74) is 22.8. The van der Waals surface area contributed by atoms with Gasteiger partial charge in [-0.1, -0.05) is 175 Å². The van der Waals surface area contributed by atoms with E-state index in [9.17, 15) is 0 Å². The molecule has 0 aliphatic rings. The van der Waals surface area contributed by atoms with Crippen LogP contribution in [0.15, 0.2) is 243 Å². The molecule has 0 amide bonds. The van der Waals surface area contributed by atoms with Crippen molar-refractivity contribution in [3.8, 4) is 90.2 Å². The third-order valence-electron chi connectivity index (χ3n) is 15.4. The molecule has 0 saturated heterocycles. The van der Waals surface area contributed by atoms with Crippen LogP contribution in [-0.2, 0) is 0 Å². The third kappa shape index (κ3) is 7.96. The van der Waals surface area contributed by atoms with Gasteiger partial charge in [0.1, 0.15) is 0 Å². The molecule has 4 aromatic heterocycles. The van der Waals surface area contributed by atoms with Crippen LogP contribution in [0.25, 0.3) is 134 Å². The van der Waals surface area contributed by atoms with Crippen LogP contribution in [0.1, 0.15) is 22.3 Å². The summed E-state index contributed by atoms with van der Waals surface area (Å²) in [5, 5.41) is 4.71. The van der Waals surface area contributed by atoms with Crippen molar-refractivity contribution in [1.82, 2.24) is 29.1 Å². The normalized spacial score (nSPS) is 11.6. The van der Waals surface area contributed by atoms with E-state index in [1.807, 2.05) is 48.7 Å². The Kier molecular flexibility index (Phi) is 11.3. The standard InChI is InChI=1S/C72H52N6/c1-45-29-34-54(47(3)40-45)51-31-36-65-59(42-51)56-22-11-13-26-63(56)77(65)67-38-33-53(72-75-70(49-18-7-5-8-19-49)74-71(76-72)50-20-9-6-10-21-50)44-61(67)69-58(62-25-15-16-39-73-62)24-17-28-68(69)78-64-27-14-12-23-57(64)60-43-52(32-37-66(60)78)55-35-30-46(2)41-48(55)4/h5-44H,1-4H3. The van der Waals surface area contributed by atoms with Crippen LogP contribution in [0.2, 0.25) is 0 Å². The van der Waals surface area contributed by atoms with E-state index in [-0.39, 0.29) is 0 Å². The topological polar surface area (TPSA) is 61.4 Å². The molecule has 0 spiro atoms. The van der Waals surface area contributed by atoms with E-state index in [1.165, 1.54) is 66.1 Å². The summed E-state index contributed by atoms with van der Waals surface area (Å²) in [6.45, 7) is 8.73. The lowest BCUT2D eigenvalue weighted by atomic mass is 9.92. The molecule has 0 aliphatic carbocycles. The van der Waals surface area contributed by atoms with Crippen molar-refractivity contribution in [2.24, 2.45) is 0 Å². The summed E-state index contributed by atoms with van der Waals surface area (Å²) in [7, 11) is 0. The molecule has 14 rings (SSSR count). The Bertz CT molecular complexity index is 4590. The Balaban J connectivity index is 1.09. The molecule has 6 heteroatoms. The number of rotatable bonds is 9. The second-order valence-corrected chi connectivity index (χ2v) is 20.5. The highest BCUT2D eigenvalue weighted by atomic mass is 15.0. The first-order valence-electron chi connectivity index (χ1n) is 26.6. The molecule has 14 aromatic rings. The van der Waals surface area contributed by atoms with Crippen LogP contribution < -0.4 is 0 Å². The van der Waals surface area contributed by atoms with Crippen molar-refractivity contribution in [2.45, 2.75) is 27.7 Å². The van der Waals surface area contributed by atoms with Crippen molar-refractivity contribution < 1.29 is 0 Å². The smallest absolute Gasteiger partial charge is 0.164 e. The van der Waals surface area contributed by atoms with Gasteiger partial charge in [0.15, 0.2) is 17.5 Å². The first kappa shape index (κ1) is 46.5. The maximum Gasteiger partial charge on any atom is 0.164 e. The van der Waals surface area contributed by atoms with Gasteiger partial charge in [-0.15, -0.1) is 0 Å². The monoisotopic (exact) mass is 1000 g/mol. The minimum atomic E-state index is 0.573. The first-order chi connectivity index (χ1) is 38.3. The Morgan fingerprint density at radius 2 is 0.782 bits per heavy atom. The lowest BCUT2D eigenvalue weighted by Gasteiger charge is -2.22. The number of para-hydroxylation sites is 2. The van der Waals surface area contributed by atoms with Gasteiger partial charge >= 0.3 is 0 Å². The van der Waals surface area contributed by atoms with Crippen molar-refractivity contribution >= 4 is 43.6 Å². The fraction of sp³-hybridized carbons (Fsp3) is 0.0556. The molecule has 0 bridgehead atoms. The highest BCUT2D eigenvalue weighted by Gasteiger charge is 2.26. The first-order valence-corrected chi connectivity index (χ1v) is 26.6. The minimum Gasteiger partial charge on any atom is -0.309 e. The van der Waals surface area contributed by atoms with Crippen molar-refractivity contribution in [2.75, 3.05) is 0 Å². The molecule has 0 saturated carbocycles. The average molecular weight is 1000 g/mol. The van der Waals surface area contributed by atoms with Crippen molar-refractivity contribution in [3.05, 3.63) is 265 Å². The average Bonchev–Trinajstić information content (AvgIpc) is 4.05. The molecule has 0 atom stereocenters. The number of hydrogen-bond donors (Lipinski definition) is 0. The van der Waals surface area contributed by atoms with Gasteiger partial charge < -0.3 is 9.13 Å². The highest BCUT2D eigenvalue weighted by molar-refractivity contribution is 6.13. The van der Waals surface area contributed by atoms with E-state index in [4.69, 9.17) is 19.9 Å². The van der Waals surface area contributed by atoms with Crippen LogP contribution in [-0.4, -0.2) is 29.1 Å². The summed E-state index contributed by atoms with van der Waals surface area (Å²) in [6.07, 6.45) is 1.89. The van der Waals surface area contributed by atoms with E-state index in [1.54, 1.807) is 0 Å². The SMILES string of the molecule is Cc1ccc(-c2ccc3c(c2)c2ccccc2n3-c2ccc(-c3nc(-c4ccccc4)nc(-c4ccccc4)n3)cc2-c2c(-c3ccccn3)cccc2-n2c3ccccc3c3cc(-c4ccc(C)cc4C)ccc32)c(C)c1. The van der Waals surface area contributed by atoms with Gasteiger partial charge in [0.25, 0.3) is 0 Å². The van der Waals surface area contributed by atoms with E-state index in [2.05, 4.69) is 231 Å². The van der Waals surface area contributed by atoms with Crippen molar-refractivity contribution in [1.29, 1.82) is 0 Å². The minimum absolute atomic E-state index is 0.573. The Morgan fingerprint density at radius 3 is 1.32 bits per heavy atom. The zero-order valence-corrected chi connectivity index (χ0v) is 43.8. The molecule has 0 aliphatic heterocycles. The van der Waals surface area contributed by atoms with Crippen molar-refractivity contribution in [3.63, 3.8) is 0 Å². The summed E-state index contributed by atoms with van der Waals surface area (Å²) in [5.74, 6) is 1.78. The molecule has 370 valence electrons. The van der Waals surface area contributed by atoms with E-state index in [0.717, 1.165) is 72.5 Å². The maximum absolute atomic E-state index is 5.31. The Morgan fingerprint density at radius 1 is 0.295 bits per heavy atom. The van der Waals surface area contributed by atoms with Crippen LogP contribution in [0, 0.1) is 27.7 Å². The molecule has 4 heterocycles. The molecule has 0 radical (unpaired) electrons. The van der Waals surface area contributed by atoms with Gasteiger partial charge in [0.05, 0.1) is 39.1 Å².